The maximum atomic E-state index is 12.6. The first-order valence-electron chi connectivity index (χ1n) is 8.98. The van der Waals surface area contributed by atoms with Gasteiger partial charge in [-0.1, -0.05) is 19.9 Å². The summed E-state index contributed by atoms with van der Waals surface area (Å²) in [5.41, 5.74) is 6.96. The number of carbonyl (C=O) groups excluding carboxylic acids is 1. The van der Waals surface area contributed by atoms with Crippen LogP contribution in [0.2, 0.25) is 0 Å². The Morgan fingerprint density at radius 3 is 2.37 bits per heavy atom. The van der Waals surface area contributed by atoms with E-state index in [-0.39, 0.29) is 36.8 Å². The van der Waals surface area contributed by atoms with Crippen LogP contribution in [0.25, 0.3) is 0 Å². The standard InChI is InChI=1S/C20H28N2O4.ClH/c1-5-24-17-8-7-14(10-18(17)25-6-2)19(13(3)4)22-20(23)15-9-16(11-21)26-12-15;/h7-10,12-13,19H,5-6,11,21H2,1-4H3,(H,22,23);1H. The zero-order valence-electron chi connectivity index (χ0n) is 16.3. The Balaban J connectivity index is 0.00000364. The van der Waals surface area contributed by atoms with Crippen LogP contribution >= 0.6 is 12.4 Å². The van der Waals surface area contributed by atoms with Crippen molar-refractivity contribution in [3.63, 3.8) is 0 Å². The van der Waals surface area contributed by atoms with E-state index in [2.05, 4.69) is 19.2 Å². The SMILES string of the molecule is CCOc1ccc(C(NC(=O)c2coc(CN)c2)C(C)C)cc1OCC.Cl. The smallest absolute Gasteiger partial charge is 0.255 e. The number of nitrogens with one attached hydrogen (secondary N) is 1. The number of furan rings is 1. The number of rotatable bonds is 9. The molecule has 3 N–H and O–H groups in total. The summed E-state index contributed by atoms with van der Waals surface area (Å²) in [6, 6.07) is 7.26. The highest BCUT2D eigenvalue weighted by Crippen LogP contribution is 2.33. The fourth-order valence-corrected chi connectivity index (χ4v) is 2.73. The zero-order chi connectivity index (χ0) is 19.1. The molecule has 6 nitrogen and oxygen atoms in total. The van der Waals surface area contributed by atoms with Crippen molar-refractivity contribution in [2.24, 2.45) is 11.7 Å². The van der Waals surface area contributed by atoms with E-state index >= 15 is 0 Å². The van der Waals surface area contributed by atoms with E-state index in [9.17, 15) is 4.79 Å². The van der Waals surface area contributed by atoms with Crippen LogP contribution in [0.15, 0.2) is 34.9 Å². The Kier molecular flexibility index (Phi) is 9.18. The van der Waals surface area contributed by atoms with Gasteiger partial charge in [-0.3, -0.25) is 4.79 Å². The van der Waals surface area contributed by atoms with Gasteiger partial charge in [0.2, 0.25) is 0 Å². The third-order valence-electron chi connectivity index (χ3n) is 4.00. The maximum Gasteiger partial charge on any atom is 0.255 e. The molecule has 2 rings (SSSR count). The summed E-state index contributed by atoms with van der Waals surface area (Å²) in [6.45, 7) is 9.34. The number of amides is 1. The molecular weight excluding hydrogens is 368 g/mol. The van der Waals surface area contributed by atoms with Crippen molar-refractivity contribution < 1.29 is 18.7 Å². The molecular formula is C20H29ClN2O4. The van der Waals surface area contributed by atoms with Crippen molar-refractivity contribution >= 4 is 18.3 Å². The summed E-state index contributed by atoms with van der Waals surface area (Å²) in [7, 11) is 0. The van der Waals surface area contributed by atoms with Gasteiger partial charge >= 0.3 is 0 Å². The molecule has 1 atom stereocenters. The third-order valence-corrected chi connectivity index (χ3v) is 4.00. The number of halogens is 1. The fraction of sp³-hybridized carbons (Fsp3) is 0.450. The van der Waals surface area contributed by atoms with E-state index in [0.717, 1.165) is 5.56 Å². The Morgan fingerprint density at radius 2 is 1.81 bits per heavy atom. The lowest BCUT2D eigenvalue weighted by molar-refractivity contribution is 0.0925. The van der Waals surface area contributed by atoms with Gasteiger partial charge in [-0.15, -0.1) is 12.4 Å². The Morgan fingerprint density at radius 1 is 1.15 bits per heavy atom. The number of carbonyl (C=O) groups is 1. The predicted molar refractivity (Wildman–Crippen MR) is 108 cm³/mol. The number of hydrogen-bond acceptors (Lipinski definition) is 5. The molecule has 1 aromatic carbocycles. The quantitative estimate of drug-likeness (QED) is 0.666. The van der Waals surface area contributed by atoms with Crippen LogP contribution in [0.3, 0.4) is 0 Å². The topological polar surface area (TPSA) is 86.7 Å². The Hall–Kier alpha value is -2.18. The van der Waals surface area contributed by atoms with E-state index in [1.807, 2.05) is 32.0 Å². The van der Waals surface area contributed by atoms with E-state index < -0.39 is 0 Å². The molecule has 0 fully saturated rings. The lowest BCUT2D eigenvalue weighted by Crippen LogP contribution is -2.31. The molecule has 0 aliphatic rings. The molecule has 1 amide bonds. The van der Waals surface area contributed by atoms with Crippen LogP contribution in [0, 0.1) is 5.92 Å². The minimum atomic E-state index is -0.195. The molecule has 150 valence electrons. The second-order valence-electron chi connectivity index (χ2n) is 6.27. The van der Waals surface area contributed by atoms with Gasteiger partial charge in [0.25, 0.3) is 5.91 Å². The third kappa shape index (κ3) is 5.91. The van der Waals surface area contributed by atoms with E-state index in [1.54, 1.807) is 6.07 Å². The number of hydrogen-bond donors (Lipinski definition) is 2. The molecule has 1 aromatic heterocycles. The first-order chi connectivity index (χ1) is 12.5. The Labute approximate surface area is 166 Å². The molecule has 0 spiro atoms. The number of nitrogens with two attached hydrogens (primary N) is 1. The van der Waals surface area contributed by atoms with Crippen molar-refractivity contribution in [1.82, 2.24) is 5.32 Å². The van der Waals surface area contributed by atoms with Crippen LogP contribution in [-0.2, 0) is 6.54 Å². The van der Waals surface area contributed by atoms with E-state index in [0.29, 0.717) is 36.0 Å². The van der Waals surface area contributed by atoms with E-state index in [4.69, 9.17) is 19.6 Å². The highest BCUT2D eigenvalue weighted by atomic mass is 35.5. The highest BCUT2D eigenvalue weighted by molar-refractivity contribution is 5.94. The molecule has 27 heavy (non-hydrogen) atoms. The lowest BCUT2D eigenvalue weighted by atomic mass is 9.95. The summed E-state index contributed by atoms with van der Waals surface area (Å²) in [5.74, 6) is 1.96. The monoisotopic (exact) mass is 396 g/mol. The summed E-state index contributed by atoms with van der Waals surface area (Å²) in [4.78, 5) is 12.6. The van der Waals surface area contributed by atoms with Crippen molar-refractivity contribution in [1.29, 1.82) is 0 Å². The van der Waals surface area contributed by atoms with Crippen LogP contribution < -0.4 is 20.5 Å². The summed E-state index contributed by atoms with van der Waals surface area (Å²) in [6.07, 6.45) is 1.43. The van der Waals surface area contributed by atoms with E-state index in [1.165, 1.54) is 6.26 Å². The lowest BCUT2D eigenvalue weighted by Gasteiger charge is -2.24. The molecule has 0 bridgehead atoms. The predicted octanol–water partition coefficient (Wildman–Crippen LogP) is 4.08. The van der Waals surface area contributed by atoms with Crippen LogP contribution in [0.4, 0.5) is 0 Å². The zero-order valence-corrected chi connectivity index (χ0v) is 17.1. The second kappa shape index (κ2) is 10.8. The summed E-state index contributed by atoms with van der Waals surface area (Å²) < 4.78 is 16.6. The summed E-state index contributed by atoms with van der Waals surface area (Å²) >= 11 is 0. The molecule has 0 saturated heterocycles. The van der Waals surface area contributed by atoms with Gasteiger partial charge in [-0.05, 0) is 43.5 Å². The van der Waals surface area contributed by atoms with Gasteiger partial charge in [0.1, 0.15) is 12.0 Å². The van der Waals surface area contributed by atoms with Gasteiger partial charge in [0, 0.05) is 0 Å². The van der Waals surface area contributed by atoms with Crippen LogP contribution in [0.5, 0.6) is 11.5 Å². The molecule has 0 aliphatic carbocycles. The van der Waals surface area contributed by atoms with Gasteiger partial charge in [-0.25, -0.2) is 0 Å². The molecule has 0 saturated carbocycles. The minimum absolute atomic E-state index is 0. The van der Waals surface area contributed by atoms with Crippen LogP contribution in [0.1, 0.15) is 55.4 Å². The van der Waals surface area contributed by atoms with Crippen molar-refractivity contribution in [3.05, 3.63) is 47.4 Å². The normalized spacial score (nSPS) is 11.6. The van der Waals surface area contributed by atoms with Crippen molar-refractivity contribution in [2.45, 2.75) is 40.3 Å². The fourth-order valence-electron chi connectivity index (χ4n) is 2.73. The van der Waals surface area contributed by atoms with Crippen LogP contribution in [-0.4, -0.2) is 19.1 Å². The van der Waals surface area contributed by atoms with Gasteiger partial charge in [-0.2, -0.15) is 0 Å². The number of ether oxygens (including phenoxy) is 2. The average Bonchev–Trinajstić information content (AvgIpc) is 3.10. The highest BCUT2D eigenvalue weighted by Gasteiger charge is 2.22. The molecule has 1 heterocycles. The molecule has 0 aliphatic heterocycles. The molecule has 2 aromatic rings. The van der Waals surface area contributed by atoms with Crippen molar-refractivity contribution in [3.8, 4) is 11.5 Å². The summed E-state index contributed by atoms with van der Waals surface area (Å²) in [5, 5.41) is 3.07. The number of benzene rings is 1. The molecule has 0 radical (unpaired) electrons. The maximum absolute atomic E-state index is 12.6. The van der Waals surface area contributed by atoms with Gasteiger partial charge in [0.15, 0.2) is 11.5 Å². The van der Waals surface area contributed by atoms with Gasteiger partial charge in [0.05, 0.1) is 31.4 Å². The minimum Gasteiger partial charge on any atom is -0.490 e. The molecule has 7 heteroatoms. The van der Waals surface area contributed by atoms with Gasteiger partial charge < -0.3 is 24.9 Å². The Bertz CT molecular complexity index is 731. The second-order valence-corrected chi connectivity index (χ2v) is 6.27. The first-order valence-corrected chi connectivity index (χ1v) is 8.98. The first kappa shape index (κ1) is 22.9. The average molecular weight is 397 g/mol. The largest absolute Gasteiger partial charge is 0.490 e. The molecule has 1 unspecified atom stereocenters. The van der Waals surface area contributed by atoms with Crippen molar-refractivity contribution in [2.75, 3.05) is 13.2 Å².